The summed E-state index contributed by atoms with van der Waals surface area (Å²) in [5.74, 6) is 0. The van der Waals surface area contributed by atoms with Gasteiger partial charge in [-0.25, -0.2) is 0 Å². The molecule has 0 fully saturated rings. The lowest BCUT2D eigenvalue weighted by Crippen LogP contribution is -2.13. The second-order valence-electron chi connectivity index (χ2n) is 5.94. The Kier molecular flexibility index (Phi) is 14.3. The van der Waals surface area contributed by atoms with Crippen LogP contribution in [0.25, 0.3) is 0 Å². The topological polar surface area (TPSA) is 40.5 Å². The minimum atomic E-state index is -0.202. The Morgan fingerprint density at radius 2 is 0.895 bits per heavy atom. The minimum absolute atomic E-state index is 0.202. The van der Waals surface area contributed by atoms with Gasteiger partial charge in [-0.15, -0.1) is 0 Å². The van der Waals surface area contributed by atoms with E-state index in [0.29, 0.717) is 0 Å². The predicted molar refractivity (Wildman–Crippen MR) is 83.4 cm³/mol. The second kappa shape index (κ2) is 14.3. The molecular weight excluding hydrogens is 236 g/mol. The summed E-state index contributed by atoms with van der Waals surface area (Å²) in [6.07, 6.45) is 14.1. The van der Waals surface area contributed by atoms with E-state index < -0.39 is 0 Å². The molecule has 2 N–H and O–H groups in total. The van der Waals surface area contributed by atoms with Crippen molar-refractivity contribution in [2.24, 2.45) is 0 Å². The van der Waals surface area contributed by atoms with Crippen molar-refractivity contribution >= 4 is 0 Å². The average Bonchev–Trinajstić information content (AvgIpc) is 2.41. The van der Waals surface area contributed by atoms with E-state index in [-0.39, 0.29) is 12.2 Å². The van der Waals surface area contributed by atoms with Crippen molar-refractivity contribution in [1.82, 2.24) is 0 Å². The van der Waals surface area contributed by atoms with E-state index in [1.807, 2.05) is 0 Å². The molecule has 0 heterocycles. The summed E-state index contributed by atoms with van der Waals surface area (Å²) < 4.78 is 0. The van der Waals surface area contributed by atoms with Crippen molar-refractivity contribution in [3.63, 3.8) is 0 Å². The first kappa shape index (κ1) is 18.9. The fourth-order valence-electron chi connectivity index (χ4n) is 2.46. The summed E-state index contributed by atoms with van der Waals surface area (Å²) in [7, 11) is 0. The monoisotopic (exact) mass is 272 g/mol. The molecule has 2 atom stereocenters. The van der Waals surface area contributed by atoms with Crippen LogP contribution in [-0.2, 0) is 0 Å². The molecule has 19 heavy (non-hydrogen) atoms. The molecule has 0 aliphatic carbocycles. The number of hydrogen-bond acceptors (Lipinski definition) is 2. The lowest BCUT2D eigenvalue weighted by Gasteiger charge is -2.14. The molecule has 0 aromatic heterocycles. The SMILES string of the molecule is CCCCCCCC(O)CCC(O)CCCCCC. The van der Waals surface area contributed by atoms with E-state index in [0.717, 1.165) is 38.5 Å². The van der Waals surface area contributed by atoms with Crippen molar-refractivity contribution in [3.8, 4) is 0 Å². The zero-order valence-electron chi connectivity index (χ0n) is 13.2. The maximum atomic E-state index is 9.85. The van der Waals surface area contributed by atoms with Crippen LogP contribution in [0.1, 0.15) is 97.3 Å². The largest absolute Gasteiger partial charge is 0.393 e. The summed E-state index contributed by atoms with van der Waals surface area (Å²) in [6.45, 7) is 4.42. The molecule has 116 valence electrons. The van der Waals surface area contributed by atoms with E-state index in [2.05, 4.69) is 13.8 Å². The van der Waals surface area contributed by atoms with Gasteiger partial charge < -0.3 is 10.2 Å². The maximum Gasteiger partial charge on any atom is 0.0541 e. The average molecular weight is 272 g/mol. The molecule has 0 aliphatic heterocycles. The molecular formula is C17H36O2. The zero-order chi connectivity index (χ0) is 14.3. The van der Waals surface area contributed by atoms with Gasteiger partial charge in [-0.3, -0.25) is 0 Å². The molecule has 0 saturated heterocycles. The lowest BCUT2D eigenvalue weighted by atomic mass is 10.0. The highest BCUT2D eigenvalue weighted by Crippen LogP contribution is 2.14. The van der Waals surface area contributed by atoms with Crippen LogP contribution in [0.5, 0.6) is 0 Å². The van der Waals surface area contributed by atoms with Gasteiger partial charge in [0.25, 0.3) is 0 Å². The molecule has 0 aromatic rings. The second-order valence-corrected chi connectivity index (χ2v) is 5.94. The van der Waals surface area contributed by atoms with Gasteiger partial charge in [0.15, 0.2) is 0 Å². The van der Waals surface area contributed by atoms with Crippen LogP contribution in [0.4, 0.5) is 0 Å². The molecule has 0 saturated carbocycles. The first-order valence-corrected chi connectivity index (χ1v) is 8.56. The Morgan fingerprint density at radius 3 is 1.32 bits per heavy atom. The fraction of sp³-hybridized carbons (Fsp3) is 1.00. The van der Waals surface area contributed by atoms with Gasteiger partial charge in [0.1, 0.15) is 0 Å². The Labute approximate surface area is 120 Å². The molecule has 2 heteroatoms. The van der Waals surface area contributed by atoms with E-state index in [9.17, 15) is 10.2 Å². The highest BCUT2D eigenvalue weighted by molar-refractivity contribution is 4.62. The Morgan fingerprint density at radius 1 is 0.526 bits per heavy atom. The number of unbranched alkanes of at least 4 members (excludes halogenated alkanes) is 7. The van der Waals surface area contributed by atoms with Crippen LogP contribution in [0.2, 0.25) is 0 Å². The van der Waals surface area contributed by atoms with Crippen molar-refractivity contribution in [3.05, 3.63) is 0 Å². The summed E-state index contributed by atoms with van der Waals surface area (Å²) in [6, 6.07) is 0. The molecule has 0 spiro atoms. The molecule has 0 radical (unpaired) electrons. The normalized spacial score (nSPS) is 14.5. The Hall–Kier alpha value is -0.0800. The van der Waals surface area contributed by atoms with Gasteiger partial charge in [-0.05, 0) is 25.7 Å². The van der Waals surface area contributed by atoms with E-state index >= 15 is 0 Å². The van der Waals surface area contributed by atoms with Crippen molar-refractivity contribution in [1.29, 1.82) is 0 Å². The molecule has 0 amide bonds. The van der Waals surface area contributed by atoms with E-state index in [1.165, 1.54) is 44.9 Å². The van der Waals surface area contributed by atoms with Gasteiger partial charge >= 0.3 is 0 Å². The fourth-order valence-corrected chi connectivity index (χ4v) is 2.46. The molecule has 2 nitrogen and oxygen atoms in total. The van der Waals surface area contributed by atoms with Crippen LogP contribution in [-0.4, -0.2) is 22.4 Å². The minimum Gasteiger partial charge on any atom is -0.393 e. The standard InChI is InChI=1S/C17H36O2/c1-3-5-7-9-11-13-17(19)15-14-16(18)12-10-8-6-4-2/h16-19H,3-15H2,1-2H3. The van der Waals surface area contributed by atoms with Crippen molar-refractivity contribution in [2.45, 2.75) is 110 Å². The van der Waals surface area contributed by atoms with Crippen LogP contribution in [0.3, 0.4) is 0 Å². The van der Waals surface area contributed by atoms with Gasteiger partial charge in [-0.2, -0.15) is 0 Å². The summed E-state index contributed by atoms with van der Waals surface area (Å²) in [5.41, 5.74) is 0. The predicted octanol–water partition coefficient (Wildman–Crippen LogP) is 4.82. The smallest absolute Gasteiger partial charge is 0.0541 e. The Bertz CT molecular complexity index is 171. The molecule has 0 aliphatic rings. The van der Waals surface area contributed by atoms with Crippen LogP contribution >= 0.6 is 0 Å². The highest BCUT2D eigenvalue weighted by atomic mass is 16.3. The summed E-state index contributed by atoms with van der Waals surface area (Å²) >= 11 is 0. The zero-order valence-corrected chi connectivity index (χ0v) is 13.2. The quantitative estimate of drug-likeness (QED) is 0.445. The van der Waals surface area contributed by atoms with E-state index in [4.69, 9.17) is 0 Å². The molecule has 0 rings (SSSR count). The van der Waals surface area contributed by atoms with Crippen LogP contribution in [0.15, 0.2) is 0 Å². The first-order chi connectivity index (χ1) is 9.20. The third kappa shape index (κ3) is 14.1. The summed E-state index contributed by atoms with van der Waals surface area (Å²) in [4.78, 5) is 0. The molecule has 2 unspecified atom stereocenters. The number of rotatable bonds is 14. The van der Waals surface area contributed by atoms with E-state index in [1.54, 1.807) is 0 Å². The first-order valence-electron chi connectivity index (χ1n) is 8.56. The maximum absolute atomic E-state index is 9.85. The van der Waals surface area contributed by atoms with Crippen LogP contribution in [0, 0.1) is 0 Å². The Balaban J connectivity index is 3.32. The van der Waals surface area contributed by atoms with Crippen molar-refractivity contribution < 1.29 is 10.2 Å². The lowest BCUT2D eigenvalue weighted by molar-refractivity contribution is 0.101. The van der Waals surface area contributed by atoms with Gasteiger partial charge in [-0.1, -0.05) is 71.6 Å². The van der Waals surface area contributed by atoms with Gasteiger partial charge in [0, 0.05) is 0 Å². The van der Waals surface area contributed by atoms with Gasteiger partial charge in [0.05, 0.1) is 12.2 Å². The number of hydrogen-bond donors (Lipinski definition) is 2. The van der Waals surface area contributed by atoms with Crippen molar-refractivity contribution in [2.75, 3.05) is 0 Å². The number of aliphatic hydroxyl groups is 2. The molecule has 0 bridgehead atoms. The third-order valence-corrected chi connectivity index (χ3v) is 3.86. The van der Waals surface area contributed by atoms with Crippen LogP contribution < -0.4 is 0 Å². The number of aliphatic hydroxyl groups excluding tert-OH is 2. The third-order valence-electron chi connectivity index (χ3n) is 3.86. The van der Waals surface area contributed by atoms with Gasteiger partial charge in [0.2, 0.25) is 0 Å². The highest BCUT2D eigenvalue weighted by Gasteiger charge is 2.09. The summed E-state index contributed by atoms with van der Waals surface area (Å²) in [5, 5.41) is 19.7. The molecule has 0 aromatic carbocycles.